The third kappa shape index (κ3) is 2.61. The lowest BCUT2D eigenvalue weighted by Gasteiger charge is -2.25. The third-order valence-electron chi connectivity index (χ3n) is 3.26. The van der Waals surface area contributed by atoms with Crippen LogP contribution in [0, 0.1) is 5.92 Å². The molecular weight excluding hydrogens is 188 g/mol. The van der Waals surface area contributed by atoms with Gasteiger partial charge in [0, 0.05) is 25.0 Å². The van der Waals surface area contributed by atoms with E-state index in [1.165, 1.54) is 32.1 Å². The first kappa shape index (κ1) is 10.3. The van der Waals surface area contributed by atoms with E-state index in [0.717, 1.165) is 12.5 Å². The molecule has 1 saturated carbocycles. The lowest BCUT2D eigenvalue weighted by atomic mass is 9.82. The summed E-state index contributed by atoms with van der Waals surface area (Å²) >= 11 is 0. The summed E-state index contributed by atoms with van der Waals surface area (Å²) in [4.78, 5) is 11.1. The molecule has 1 aromatic rings. The van der Waals surface area contributed by atoms with Gasteiger partial charge in [0.1, 0.15) is 0 Å². The topological polar surface area (TPSA) is 48.0 Å². The van der Waals surface area contributed by atoms with Gasteiger partial charge in [0.15, 0.2) is 0 Å². The van der Waals surface area contributed by atoms with Crippen molar-refractivity contribution in [3.05, 3.63) is 28.7 Å². The van der Waals surface area contributed by atoms with Gasteiger partial charge < -0.3 is 10.3 Å². The van der Waals surface area contributed by atoms with Crippen molar-refractivity contribution in [1.29, 1.82) is 0 Å². The van der Waals surface area contributed by atoms with Gasteiger partial charge in [0.05, 0.1) is 5.69 Å². The normalized spacial score (nSPS) is 16.3. The lowest BCUT2D eigenvalue weighted by molar-refractivity contribution is 0.284. The van der Waals surface area contributed by atoms with Gasteiger partial charge in [-0.3, -0.25) is 4.79 Å². The highest BCUT2D eigenvalue weighted by atomic mass is 16.1. The number of nitrogens with zero attached hydrogens (tertiary/aromatic N) is 1. The molecule has 1 aliphatic carbocycles. The number of hydrogen-bond donors (Lipinski definition) is 1. The molecule has 82 valence electrons. The van der Waals surface area contributed by atoms with Crippen molar-refractivity contribution < 1.29 is 0 Å². The Kier molecular flexibility index (Phi) is 3.09. The number of nitrogens with two attached hydrogens (primary N) is 1. The molecule has 1 aliphatic rings. The van der Waals surface area contributed by atoms with Crippen molar-refractivity contribution in [3.63, 3.8) is 0 Å². The molecule has 1 heterocycles. The second kappa shape index (κ2) is 4.51. The molecule has 2 N–H and O–H groups in total. The zero-order chi connectivity index (χ0) is 10.7. The van der Waals surface area contributed by atoms with Crippen LogP contribution in [0.2, 0.25) is 0 Å². The first-order valence-electron chi connectivity index (χ1n) is 5.71. The molecule has 0 aromatic carbocycles. The fourth-order valence-corrected chi connectivity index (χ4v) is 2.03. The monoisotopic (exact) mass is 206 g/mol. The van der Waals surface area contributed by atoms with E-state index < -0.39 is 0 Å². The van der Waals surface area contributed by atoms with Crippen molar-refractivity contribution in [1.82, 2.24) is 4.57 Å². The van der Waals surface area contributed by atoms with Gasteiger partial charge in [0.25, 0.3) is 0 Å². The molecule has 3 nitrogen and oxygen atoms in total. The Morgan fingerprint density at radius 2 is 2.27 bits per heavy atom. The summed E-state index contributed by atoms with van der Waals surface area (Å²) in [5.74, 6) is 0.960. The van der Waals surface area contributed by atoms with Crippen LogP contribution in [-0.2, 0) is 6.54 Å². The summed E-state index contributed by atoms with van der Waals surface area (Å²) in [7, 11) is 0. The summed E-state index contributed by atoms with van der Waals surface area (Å²) < 4.78 is 2.01. The van der Waals surface area contributed by atoms with Crippen molar-refractivity contribution in [3.8, 4) is 0 Å². The highest BCUT2D eigenvalue weighted by molar-refractivity contribution is 5.33. The molecule has 0 saturated heterocycles. The molecule has 1 aromatic heterocycles. The fraction of sp³-hybridized carbons (Fsp3) is 0.583. The smallest absolute Gasteiger partial charge is 0.204 e. The first-order chi connectivity index (χ1) is 7.25. The van der Waals surface area contributed by atoms with E-state index >= 15 is 0 Å². The Bertz CT molecular complexity index is 379. The van der Waals surface area contributed by atoms with Crippen LogP contribution in [0.25, 0.3) is 0 Å². The predicted molar refractivity (Wildman–Crippen MR) is 61.7 cm³/mol. The Hall–Kier alpha value is -1.25. The van der Waals surface area contributed by atoms with Gasteiger partial charge in [0.2, 0.25) is 5.43 Å². The average Bonchev–Trinajstić information content (AvgIpc) is 2.15. The maximum absolute atomic E-state index is 11.1. The second-order valence-corrected chi connectivity index (χ2v) is 4.44. The van der Waals surface area contributed by atoms with Crippen LogP contribution in [-0.4, -0.2) is 4.57 Å². The van der Waals surface area contributed by atoms with Crippen LogP contribution >= 0.6 is 0 Å². The van der Waals surface area contributed by atoms with Crippen LogP contribution in [0.3, 0.4) is 0 Å². The molecule has 0 atom stereocenters. The number of rotatable bonds is 4. The third-order valence-corrected chi connectivity index (χ3v) is 3.26. The van der Waals surface area contributed by atoms with E-state index in [0.29, 0.717) is 5.69 Å². The SMILES string of the molecule is Nc1cn(CCCC2CCC2)ccc1=O. The molecule has 0 radical (unpaired) electrons. The van der Waals surface area contributed by atoms with Gasteiger partial charge in [-0.25, -0.2) is 0 Å². The van der Waals surface area contributed by atoms with Crippen molar-refractivity contribution in [2.24, 2.45) is 5.92 Å². The van der Waals surface area contributed by atoms with Gasteiger partial charge in [-0.1, -0.05) is 19.3 Å². The van der Waals surface area contributed by atoms with E-state index in [9.17, 15) is 4.79 Å². The second-order valence-electron chi connectivity index (χ2n) is 4.44. The number of nitrogen functional groups attached to an aromatic ring is 1. The largest absolute Gasteiger partial charge is 0.394 e. The highest BCUT2D eigenvalue weighted by Crippen LogP contribution is 2.30. The molecule has 2 rings (SSSR count). The molecule has 1 fully saturated rings. The van der Waals surface area contributed by atoms with Gasteiger partial charge >= 0.3 is 0 Å². The van der Waals surface area contributed by atoms with Crippen molar-refractivity contribution in [2.45, 2.75) is 38.6 Å². The fourth-order valence-electron chi connectivity index (χ4n) is 2.03. The molecular formula is C12H18N2O. The number of aromatic nitrogens is 1. The van der Waals surface area contributed by atoms with Crippen LogP contribution in [0.15, 0.2) is 23.3 Å². The minimum absolute atomic E-state index is 0.0785. The molecule has 0 bridgehead atoms. The Morgan fingerprint density at radius 3 is 2.87 bits per heavy atom. The molecule has 0 unspecified atom stereocenters. The zero-order valence-corrected chi connectivity index (χ0v) is 8.98. The highest BCUT2D eigenvalue weighted by Gasteiger charge is 2.16. The van der Waals surface area contributed by atoms with Crippen molar-refractivity contribution in [2.75, 3.05) is 5.73 Å². The maximum atomic E-state index is 11.1. The lowest BCUT2D eigenvalue weighted by Crippen LogP contribution is -2.13. The van der Waals surface area contributed by atoms with E-state index in [2.05, 4.69) is 0 Å². The quantitative estimate of drug-likeness (QED) is 0.819. The summed E-state index contributed by atoms with van der Waals surface area (Å²) in [6.07, 6.45) is 10.3. The van der Waals surface area contributed by atoms with Crippen LogP contribution < -0.4 is 11.2 Å². The summed E-state index contributed by atoms with van der Waals surface area (Å²) in [5, 5.41) is 0. The molecule has 0 amide bonds. The molecule has 0 aliphatic heterocycles. The van der Waals surface area contributed by atoms with Crippen LogP contribution in [0.5, 0.6) is 0 Å². The zero-order valence-electron chi connectivity index (χ0n) is 8.98. The molecule has 3 heteroatoms. The van der Waals surface area contributed by atoms with E-state index in [1.54, 1.807) is 12.3 Å². The summed E-state index contributed by atoms with van der Waals surface area (Å²) in [6.45, 7) is 0.973. The van der Waals surface area contributed by atoms with Crippen LogP contribution in [0.1, 0.15) is 32.1 Å². The minimum Gasteiger partial charge on any atom is -0.394 e. The van der Waals surface area contributed by atoms with E-state index in [1.807, 2.05) is 10.8 Å². The summed E-state index contributed by atoms with van der Waals surface area (Å²) in [5.41, 5.74) is 5.83. The van der Waals surface area contributed by atoms with Crippen molar-refractivity contribution >= 4 is 5.69 Å². The number of aryl methyl sites for hydroxylation is 1. The summed E-state index contributed by atoms with van der Waals surface area (Å²) in [6, 6.07) is 1.54. The van der Waals surface area contributed by atoms with E-state index in [-0.39, 0.29) is 5.43 Å². The Balaban J connectivity index is 1.82. The molecule has 0 spiro atoms. The van der Waals surface area contributed by atoms with Crippen LogP contribution in [0.4, 0.5) is 5.69 Å². The Labute approximate surface area is 89.9 Å². The average molecular weight is 206 g/mol. The minimum atomic E-state index is -0.0785. The molecule has 15 heavy (non-hydrogen) atoms. The number of hydrogen-bond acceptors (Lipinski definition) is 2. The Morgan fingerprint density at radius 1 is 1.47 bits per heavy atom. The van der Waals surface area contributed by atoms with Gasteiger partial charge in [-0.2, -0.15) is 0 Å². The number of pyridine rings is 1. The maximum Gasteiger partial charge on any atom is 0.204 e. The van der Waals surface area contributed by atoms with E-state index in [4.69, 9.17) is 5.73 Å². The number of anilines is 1. The first-order valence-corrected chi connectivity index (χ1v) is 5.71. The van der Waals surface area contributed by atoms with Gasteiger partial charge in [-0.05, 0) is 18.8 Å². The standard InChI is InChI=1S/C12H18N2O/c13-11-9-14(8-6-12(11)15)7-2-5-10-3-1-4-10/h6,8-10H,1-5,7,13H2. The van der Waals surface area contributed by atoms with Gasteiger partial charge in [-0.15, -0.1) is 0 Å². The predicted octanol–water partition coefficient (Wildman–Crippen LogP) is 2.01.